The topological polar surface area (TPSA) is 67.4 Å². The summed E-state index contributed by atoms with van der Waals surface area (Å²) in [6.45, 7) is 9.68. The van der Waals surface area contributed by atoms with E-state index in [0.29, 0.717) is 31.2 Å². The van der Waals surface area contributed by atoms with Gasteiger partial charge in [0.1, 0.15) is 66.3 Å². The van der Waals surface area contributed by atoms with E-state index in [1.807, 2.05) is 80.6 Å². The highest BCUT2D eigenvalue weighted by Crippen LogP contribution is 2.27. The highest BCUT2D eigenvalue weighted by Gasteiger charge is 2.42. The van der Waals surface area contributed by atoms with Crippen LogP contribution < -0.4 is 9.64 Å². The van der Waals surface area contributed by atoms with Crippen molar-refractivity contribution < 1.29 is 23.4 Å². The van der Waals surface area contributed by atoms with Crippen LogP contribution in [0.5, 0.6) is 5.75 Å². The second-order valence-corrected chi connectivity index (χ2v) is 12.5. The van der Waals surface area contributed by atoms with E-state index in [0.717, 1.165) is 19.6 Å². The van der Waals surface area contributed by atoms with Crippen LogP contribution in [0.4, 0.5) is 15.0 Å². The molecule has 1 aromatic heterocycles. The molecule has 1 aliphatic rings. The Labute approximate surface area is 222 Å². The first-order chi connectivity index (χ1) is 16.3. The fraction of sp³-hybridized carbons (Fsp3) is 0.700. The Morgan fingerprint density at radius 3 is 2.14 bits per heavy atom. The molecule has 1 aromatic rings. The van der Waals surface area contributed by atoms with Crippen molar-refractivity contribution in [3.05, 3.63) is 18.1 Å². The summed E-state index contributed by atoms with van der Waals surface area (Å²) in [5.41, 5.74) is -0.513. The van der Waals surface area contributed by atoms with Crippen molar-refractivity contribution in [1.82, 2.24) is 14.8 Å². The van der Waals surface area contributed by atoms with Gasteiger partial charge in [0, 0.05) is 57.8 Å². The summed E-state index contributed by atoms with van der Waals surface area (Å²) < 4.78 is 32.8. The highest BCUT2D eigenvalue weighted by molar-refractivity contribution is 6.59. The van der Waals surface area contributed by atoms with Gasteiger partial charge in [-0.1, -0.05) is 0 Å². The van der Waals surface area contributed by atoms with Gasteiger partial charge in [0.2, 0.25) is 0 Å². The molecule has 1 saturated heterocycles. The Hall–Kier alpha value is -1.68. The normalized spacial score (nSPS) is 16.0. The van der Waals surface area contributed by atoms with Crippen LogP contribution >= 0.6 is 0 Å². The van der Waals surface area contributed by atoms with E-state index in [1.54, 1.807) is 18.1 Å². The van der Waals surface area contributed by atoms with Crippen molar-refractivity contribution in [3.8, 4) is 5.75 Å². The second kappa shape index (κ2) is 11.4. The summed E-state index contributed by atoms with van der Waals surface area (Å²) in [7, 11) is 15.6. The quantitative estimate of drug-likeness (QED) is 0.318. The van der Waals surface area contributed by atoms with Gasteiger partial charge in [-0.15, -0.1) is 0 Å². The summed E-state index contributed by atoms with van der Waals surface area (Å²) in [5.74, 6) is 0.294. The van der Waals surface area contributed by atoms with Crippen molar-refractivity contribution in [3.63, 3.8) is 0 Å². The molecular formula is C20H40B7FN4O4. The molecule has 192 valence electrons. The number of hydrogen-bond donors (Lipinski definition) is 0. The minimum Gasteiger partial charge on any atom is -0.502 e. The molecule has 0 saturated carbocycles. The Morgan fingerprint density at radius 2 is 1.64 bits per heavy atom. The fourth-order valence-corrected chi connectivity index (χ4v) is 3.91. The third-order valence-corrected chi connectivity index (χ3v) is 6.31. The summed E-state index contributed by atoms with van der Waals surface area (Å²) in [6, 6.07) is 1.40. The molecule has 36 heavy (non-hydrogen) atoms. The maximum absolute atomic E-state index is 15.1. The number of hydrogen-bond acceptors (Lipinski definition) is 7. The number of halogens is 1. The predicted molar refractivity (Wildman–Crippen MR) is 161 cm³/mol. The maximum Gasteiger partial charge on any atom is 0.410 e. The van der Waals surface area contributed by atoms with Crippen molar-refractivity contribution in [2.24, 2.45) is 0 Å². The molecule has 0 aliphatic carbocycles. The summed E-state index contributed by atoms with van der Waals surface area (Å²) in [6.07, 6.45) is 1.25. The zero-order chi connectivity index (χ0) is 27.5. The van der Waals surface area contributed by atoms with Crippen LogP contribution in [-0.4, -0.2) is 144 Å². The van der Waals surface area contributed by atoms with Gasteiger partial charge in [-0.05, 0) is 26.1 Å². The highest BCUT2D eigenvalue weighted by atomic mass is 19.1. The first-order valence-corrected chi connectivity index (χ1v) is 12.8. The second-order valence-electron chi connectivity index (χ2n) is 12.5. The summed E-state index contributed by atoms with van der Waals surface area (Å²) in [5, 5.41) is -1.67. The van der Waals surface area contributed by atoms with Crippen LogP contribution in [0.3, 0.4) is 0 Å². The van der Waals surface area contributed by atoms with Crippen molar-refractivity contribution >= 4 is 66.8 Å². The molecule has 0 bridgehead atoms. The zero-order valence-electron chi connectivity index (χ0n) is 24.2. The molecular weight excluding hydrogens is 455 g/mol. The number of anilines is 1. The molecule has 0 spiro atoms. The smallest absolute Gasteiger partial charge is 0.410 e. The molecule has 0 atom stereocenters. The molecule has 1 fully saturated rings. The Balaban J connectivity index is 1.92. The van der Waals surface area contributed by atoms with Gasteiger partial charge >= 0.3 is 6.09 Å². The molecule has 0 aromatic carbocycles. The average molecular weight is 495 g/mol. The lowest BCUT2D eigenvalue weighted by Gasteiger charge is -2.46. The van der Waals surface area contributed by atoms with Gasteiger partial charge in [-0.25, -0.2) is 14.2 Å². The molecule has 0 radical (unpaired) electrons. The first kappa shape index (κ1) is 30.5. The number of amides is 1. The average Bonchev–Trinajstić information content (AvgIpc) is 2.69. The van der Waals surface area contributed by atoms with Crippen molar-refractivity contribution in [2.75, 3.05) is 51.2 Å². The van der Waals surface area contributed by atoms with Crippen LogP contribution in [0, 0.1) is 5.82 Å². The minimum atomic E-state index is -0.714. The van der Waals surface area contributed by atoms with Crippen LogP contribution in [0.2, 0.25) is 0 Å². The lowest BCUT2D eigenvalue weighted by atomic mass is 9.40. The van der Waals surface area contributed by atoms with E-state index in [9.17, 15) is 4.79 Å². The SMILES string of the molecule is BC(B)(B)OC(B)(B)C(B)(B)Oc1cnc(N2CCN(CCN(C)C(=O)OC(C)(C)C)CC2)c(F)c1. The van der Waals surface area contributed by atoms with Crippen LogP contribution in [0.25, 0.3) is 0 Å². The van der Waals surface area contributed by atoms with Crippen molar-refractivity contribution in [2.45, 2.75) is 42.5 Å². The van der Waals surface area contributed by atoms with E-state index in [2.05, 4.69) is 9.88 Å². The predicted octanol–water partition coefficient (Wildman–Crippen LogP) is -5.04. The number of rotatable bonds is 9. The number of carbonyl (C=O) groups is 1. The molecule has 8 nitrogen and oxygen atoms in total. The summed E-state index contributed by atoms with van der Waals surface area (Å²) >= 11 is 0. The fourth-order valence-electron chi connectivity index (χ4n) is 3.91. The van der Waals surface area contributed by atoms with E-state index < -0.39 is 22.2 Å². The van der Waals surface area contributed by atoms with Crippen LogP contribution in [0.1, 0.15) is 20.8 Å². The number of nitrogens with zero attached hydrogens (tertiary/aromatic N) is 4. The number of aromatic nitrogens is 1. The molecule has 2 rings (SSSR count). The van der Waals surface area contributed by atoms with Crippen LogP contribution in [0.15, 0.2) is 12.3 Å². The first-order valence-electron chi connectivity index (χ1n) is 12.8. The standard InChI is InChI=1S/C20H40B7FN4O4/c1-17(2,3)35-16(33)30(4)5-6-31-7-9-32(10-8-31)15-14(28)11-13(12-29-15)34-18(21,22)19(23,24)36-20(25,26)27/h11-12H,5-10,21-27H2,1-4H3. The number of piperazine rings is 1. The van der Waals surface area contributed by atoms with E-state index in [-0.39, 0.29) is 11.4 Å². The van der Waals surface area contributed by atoms with Gasteiger partial charge in [0.15, 0.2) is 11.6 Å². The third kappa shape index (κ3) is 9.01. The Morgan fingerprint density at radius 1 is 1.06 bits per heavy atom. The molecule has 16 heteroatoms. The molecule has 1 aliphatic heterocycles. The van der Waals surface area contributed by atoms with Gasteiger partial charge < -0.3 is 24.0 Å². The van der Waals surface area contributed by atoms with Crippen molar-refractivity contribution in [1.29, 1.82) is 0 Å². The lowest BCUT2D eigenvalue weighted by molar-refractivity contribution is 0.00219. The monoisotopic (exact) mass is 496 g/mol. The molecule has 2 heterocycles. The van der Waals surface area contributed by atoms with E-state index in [1.165, 1.54) is 6.07 Å². The largest absolute Gasteiger partial charge is 0.502 e. The lowest BCUT2D eigenvalue weighted by Crippen LogP contribution is -2.65. The number of pyridine rings is 1. The number of likely N-dealkylation sites (N-methyl/N-ethyl adjacent to an activating group) is 1. The van der Waals surface area contributed by atoms with Crippen LogP contribution in [-0.2, 0) is 9.47 Å². The van der Waals surface area contributed by atoms with Gasteiger partial charge in [0.25, 0.3) is 0 Å². The molecule has 0 N–H and O–H groups in total. The van der Waals surface area contributed by atoms with E-state index in [4.69, 9.17) is 14.2 Å². The minimum absolute atomic E-state index is 0.328. The van der Waals surface area contributed by atoms with Gasteiger partial charge in [-0.3, -0.25) is 4.90 Å². The summed E-state index contributed by atoms with van der Waals surface area (Å²) in [4.78, 5) is 22.3. The third-order valence-electron chi connectivity index (χ3n) is 6.31. The number of ether oxygens (including phenoxy) is 3. The van der Waals surface area contributed by atoms with E-state index >= 15 is 4.39 Å². The Kier molecular flexibility index (Phi) is 9.65. The zero-order valence-corrected chi connectivity index (χ0v) is 24.2. The Bertz CT molecular complexity index is 907. The molecule has 1 amide bonds. The number of carbonyl (C=O) groups excluding carboxylic acids is 1. The maximum atomic E-state index is 15.1. The molecule has 0 unspecified atom stereocenters. The van der Waals surface area contributed by atoms with Gasteiger partial charge in [0.05, 0.1) is 11.6 Å². The van der Waals surface area contributed by atoms with Gasteiger partial charge in [-0.2, -0.15) is 0 Å².